The summed E-state index contributed by atoms with van der Waals surface area (Å²) in [5.74, 6) is -0.478. The number of para-hydroxylation sites is 1. The van der Waals surface area contributed by atoms with E-state index in [4.69, 9.17) is 23.2 Å². The van der Waals surface area contributed by atoms with Crippen LogP contribution in [0.5, 0.6) is 0 Å². The highest BCUT2D eigenvalue weighted by Crippen LogP contribution is 2.30. The van der Waals surface area contributed by atoms with Gasteiger partial charge in [0.05, 0.1) is 21.3 Å². The summed E-state index contributed by atoms with van der Waals surface area (Å²) in [5.41, 5.74) is 1.05. The molecule has 0 radical (unpaired) electrons. The van der Waals surface area contributed by atoms with Crippen molar-refractivity contribution in [2.24, 2.45) is 0 Å². The Hall–Kier alpha value is -2.70. The molecule has 5 nitrogen and oxygen atoms in total. The summed E-state index contributed by atoms with van der Waals surface area (Å²) < 4.78 is 13.6. The van der Waals surface area contributed by atoms with Crippen molar-refractivity contribution in [2.45, 2.75) is 6.54 Å². The number of carbonyl (C=O) groups is 1. The number of nitrogens with one attached hydrogen (secondary N) is 2. The molecule has 1 aromatic heterocycles. The van der Waals surface area contributed by atoms with E-state index in [9.17, 15) is 9.18 Å². The molecule has 2 N–H and O–H groups in total. The van der Waals surface area contributed by atoms with Gasteiger partial charge in [0.25, 0.3) is 5.91 Å². The monoisotopic (exact) mass is 390 g/mol. The van der Waals surface area contributed by atoms with Crippen molar-refractivity contribution in [3.8, 4) is 0 Å². The summed E-state index contributed by atoms with van der Waals surface area (Å²) in [4.78, 5) is 20.4. The van der Waals surface area contributed by atoms with Crippen LogP contribution in [0.3, 0.4) is 0 Å². The maximum Gasteiger partial charge on any atom is 0.258 e. The smallest absolute Gasteiger partial charge is 0.258 e. The fraction of sp³-hybridized carbons (Fsp3) is 0.0556. The van der Waals surface area contributed by atoms with Crippen LogP contribution in [0.25, 0.3) is 0 Å². The Morgan fingerprint density at radius 3 is 2.31 bits per heavy atom. The summed E-state index contributed by atoms with van der Waals surface area (Å²) in [6, 6.07) is 11.3. The Morgan fingerprint density at radius 2 is 1.65 bits per heavy atom. The lowest BCUT2D eigenvalue weighted by atomic mass is 10.2. The average Bonchev–Trinajstić information content (AvgIpc) is 2.64. The van der Waals surface area contributed by atoms with Crippen LogP contribution in [0.1, 0.15) is 15.9 Å². The first-order valence-corrected chi connectivity index (χ1v) is 8.35. The van der Waals surface area contributed by atoms with Crippen LogP contribution in [0.2, 0.25) is 10.0 Å². The highest BCUT2D eigenvalue weighted by molar-refractivity contribution is 6.40. The highest BCUT2D eigenvalue weighted by Gasteiger charge is 2.12. The third-order valence-electron chi connectivity index (χ3n) is 3.51. The zero-order valence-electron chi connectivity index (χ0n) is 13.3. The van der Waals surface area contributed by atoms with Crippen molar-refractivity contribution in [2.75, 3.05) is 10.6 Å². The Balaban J connectivity index is 1.65. The van der Waals surface area contributed by atoms with Gasteiger partial charge in [-0.15, -0.1) is 0 Å². The third kappa shape index (κ3) is 4.28. The van der Waals surface area contributed by atoms with Gasteiger partial charge in [0.15, 0.2) is 0 Å². The lowest BCUT2D eigenvalue weighted by Gasteiger charge is -2.09. The van der Waals surface area contributed by atoms with Gasteiger partial charge in [-0.05, 0) is 18.2 Å². The third-order valence-corrected chi connectivity index (χ3v) is 4.14. The van der Waals surface area contributed by atoms with Gasteiger partial charge < -0.3 is 10.6 Å². The molecule has 0 atom stereocenters. The molecule has 26 heavy (non-hydrogen) atoms. The topological polar surface area (TPSA) is 66.9 Å². The summed E-state index contributed by atoms with van der Waals surface area (Å²) >= 11 is 12.1. The molecule has 0 saturated heterocycles. The molecule has 0 bridgehead atoms. The molecule has 1 amide bonds. The van der Waals surface area contributed by atoms with Crippen LogP contribution in [0.15, 0.2) is 54.9 Å². The van der Waals surface area contributed by atoms with Gasteiger partial charge in [-0.25, -0.2) is 14.4 Å². The first-order chi connectivity index (χ1) is 12.5. The van der Waals surface area contributed by atoms with Crippen LogP contribution < -0.4 is 10.6 Å². The SMILES string of the molecule is O=C(Nc1c(Cl)cccc1Cl)c1cnc(NCc2ccccc2F)nc1. The van der Waals surface area contributed by atoms with E-state index in [0.29, 0.717) is 21.3 Å². The highest BCUT2D eigenvalue weighted by atomic mass is 35.5. The van der Waals surface area contributed by atoms with Crippen molar-refractivity contribution < 1.29 is 9.18 Å². The number of carbonyl (C=O) groups excluding carboxylic acids is 1. The molecular formula is C18H13Cl2FN4O. The molecule has 3 rings (SSSR count). The quantitative estimate of drug-likeness (QED) is 0.657. The summed E-state index contributed by atoms with van der Waals surface area (Å²) in [5, 5.41) is 6.18. The van der Waals surface area contributed by atoms with Gasteiger partial charge in [-0.1, -0.05) is 47.5 Å². The first kappa shape index (κ1) is 18.1. The van der Waals surface area contributed by atoms with E-state index in [-0.39, 0.29) is 23.9 Å². The van der Waals surface area contributed by atoms with E-state index in [1.807, 2.05) is 0 Å². The number of anilines is 2. The lowest BCUT2D eigenvalue weighted by Crippen LogP contribution is -2.14. The Morgan fingerprint density at radius 1 is 1.00 bits per heavy atom. The second kappa shape index (κ2) is 8.12. The largest absolute Gasteiger partial charge is 0.350 e. The number of hydrogen-bond acceptors (Lipinski definition) is 4. The molecule has 0 saturated carbocycles. The predicted molar refractivity (Wildman–Crippen MR) is 100 cm³/mol. The van der Waals surface area contributed by atoms with E-state index in [2.05, 4.69) is 20.6 Å². The molecule has 0 spiro atoms. The van der Waals surface area contributed by atoms with Gasteiger partial charge in [0.2, 0.25) is 5.95 Å². The number of amides is 1. The Labute approximate surface area is 159 Å². The molecule has 2 aromatic carbocycles. The molecule has 1 heterocycles. The minimum atomic E-state index is -0.444. The van der Waals surface area contributed by atoms with Gasteiger partial charge in [-0.2, -0.15) is 0 Å². The maximum atomic E-state index is 13.6. The van der Waals surface area contributed by atoms with Crippen LogP contribution in [-0.2, 0) is 6.54 Å². The molecule has 132 valence electrons. The number of aromatic nitrogens is 2. The predicted octanol–water partition coefficient (Wildman–Crippen LogP) is 4.79. The zero-order chi connectivity index (χ0) is 18.5. The van der Waals surface area contributed by atoms with Crippen LogP contribution >= 0.6 is 23.2 Å². The minimum Gasteiger partial charge on any atom is -0.350 e. The Bertz CT molecular complexity index is 914. The summed E-state index contributed by atoms with van der Waals surface area (Å²) in [6.07, 6.45) is 2.72. The standard InChI is InChI=1S/C18H13Cl2FN4O/c19-13-5-3-6-14(20)16(13)25-17(26)12-9-23-18(24-10-12)22-8-11-4-1-2-7-15(11)21/h1-7,9-10H,8H2,(H,25,26)(H,22,23,24). The van der Waals surface area contributed by atoms with Crippen molar-refractivity contribution in [1.82, 2.24) is 9.97 Å². The molecule has 0 aliphatic carbocycles. The normalized spacial score (nSPS) is 10.4. The molecule has 3 aromatic rings. The fourth-order valence-electron chi connectivity index (χ4n) is 2.16. The first-order valence-electron chi connectivity index (χ1n) is 7.59. The van der Waals surface area contributed by atoms with Gasteiger partial charge in [0, 0.05) is 24.5 Å². The van der Waals surface area contributed by atoms with Crippen LogP contribution in [-0.4, -0.2) is 15.9 Å². The van der Waals surface area contributed by atoms with E-state index in [1.165, 1.54) is 18.5 Å². The van der Waals surface area contributed by atoms with E-state index in [0.717, 1.165) is 0 Å². The summed E-state index contributed by atoms with van der Waals surface area (Å²) in [7, 11) is 0. The fourth-order valence-corrected chi connectivity index (χ4v) is 2.65. The number of benzene rings is 2. The number of rotatable bonds is 5. The zero-order valence-corrected chi connectivity index (χ0v) is 14.9. The molecule has 0 fully saturated rings. The molecule has 8 heteroatoms. The van der Waals surface area contributed by atoms with E-state index >= 15 is 0 Å². The lowest BCUT2D eigenvalue weighted by molar-refractivity contribution is 0.102. The maximum absolute atomic E-state index is 13.6. The minimum absolute atomic E-state index is 0.230. The van der Waals surface area contributed by atoms with Crippen molar-refractivity contribution >= 4 is 40.7 Å². The second-order valence-electron chi connectivity index (χ2n) is 5.29. The molecular weight excluding hydrogens is 378 g/mol. The number of halogens is 3. The Kier molecular flexibility index (Phi) is 5.65. The van der Waals surface area contributed by atoms with Crippen LogP contribution in [0, 0.1) is 5.82 Å². The van der Waals surface area contributed by atoms with Gasteiger partial charge >= 0.3 is 0 Å². The molecule has 0 aliphatic heterocycles. The van der Waals surface area contributed by atoms with Crippen molar-refractivity contribution in [3.05, 3.63) is 81.8 Å². The summed E-state index contributed by atoms with van der Waals surface area (Å²) in [6.45, 7) is 0.230. The number of hydrogen-bond donors (Lipinski definition) is 2. The van der Waals surface area contributed by atoms with Crippen LogP contribution in [0.4, 0.5) is 16.0 Å². The van der Waals surface area contributed by atoms with E-state index < -0.39 is 5.91 Å². The van der Waals surface area contributed by atoms with Crippen molar-refractivity contribution in [1.29, 1.82) is 0 Å². The second-order valence-corrected chi connectivity index (χ2v) is 6.11. The molecule has 0 aliphatic rings. The van der Waals surface area contributed by atoms with E-state index in [1.54, 1.807) is 36.4 Å². The van der Waals surface area contributed by atoms with Gasteiger partial charge in [-0.3, -0.25) is 4.79 Å². The van der Waals surface area contributed by atoms with Crippen molar-refractivity contribution in [3.63, 3.8) is 0 Å². The average molecular weight is 391 g/mol. The van der Waals surface area contributed by atoms with Gasteiger partial charge in [0.1, 0.15) is 5.82 Å². The number of nitrogens with zero attached hydrogens (tertiary/aromatic N) is 2. The molecule has 0 unspecified atom stereocenters.